The Morgan fingerprint density at radius 3 is 2.14 bits per heavy atom. The lowest BCUT2D eigenvalue weighted by Gasteiger charge is -2.18. The highest BCUT2D eigenvalue weighted by atomic mass is 16.3. The molecule has 4 aromatic rings. The predicted molar refractivity (Wildman–Crippen MR) is 117 cm³/mol. The van der Waals surface area contributed by atoms with Gasteiger partial charge in [0.05, 0.1) is 12.5 Å². The number of furan rings is 1. The van der Waals surface area contributed by atoms with Crippen molar-refractivity contribution in [2.45, 2.75) is 25.7 Å². The second kappa shape index (κ2) is 9.75. The molecule has 1 aromatic heterocycles. The van der Waals surface area contributed by atoms with Crippen LogP contribution < -0.4 is 0 Å². The molecule has 0 aliphatic heterocycles. The molecule has 0 saturated heterocycles. The van der Waals surface area contributed by atoms with Crippen LogP contribution in [-0.4, -0.2) is 25.4 Å². The van der Waals surface area contributed by atoms with Gasteiger partial charge < -0.3 is 9.32 Å². The number of benzene rings is 3. The summed E-state index contributed by atoms with van der Waals surface area (Å²) in [4.78, 5) is 10.9. The van der Waals surface area contributed by atoms with Gasteiger partial charge in [-0.1, -0.05) is 48.5 Å². The minimum absolute atomic E-state index is 0.750. The number of nitrogens with zero attached hydrogens (tertiary/aromatic N) is 1. The topological polar surface area (TPSA) is 33.5 Å². The number of hydrogen-bond donors (Lipinski definition) is 0. The molecule has 0 radical (unpaired) electrons. The lowest BCUT2D eigenvalue weighted by molar-refractivity contribution is -0.115. The van der Waals surface area contributed by atoms with E-state index >= 15 is 0 Å². The van der Waals surface area contributed by atoms with E-state index in [9.17, 15) is 4.79 Å². The normalized spacial score (nSPS) is 12.2. The van der Waals surface area contributed by atoms with E-state index < -0.39 is 0 Å². The molecule has 3 nitrogen and oxygen atoms in total. The quantitative estimate of drug-likeness (QED) is 0.309. The van der Waals surface area contributed by atoms with Crippen LogP contribution >= 0.6 is 0 Å². The molecule has 5 rings (SSSR count). The summed E-state index contributed by atoms with van der Waals surface area (Å²) in [5.41, 5.74) is 3.17. The van der Waals surface area contributed by atoms with Gasteiger partial charge in [-0.25, -0.2) is 0 Å². The summed E-state index contributed by atoms with van der Waals surface area (Å²) in [6.45, 7) is 0. The number of rotatable bonds is 1. The van der Waals surface area contributed by atoms with Crippen LogP contribution in [0.1, 0.15) is 24.0 Å². The van der Waals surface area contributed by atoms with Crippen molar-refractivity contribution in [1.29, 1.82) is 0 Å². The van der Waals surface area contributed by atoms with Crippen LogP contribution in [0.2, 0.25) is 0 Å². The minimum atomic E-state index is 0.750. The first-order valence-electron chi connectivity index (χ1n) is 9.72. The summed E-state index contributed by atoms with van der Waals surface area (Å²) in [6.07, 6.45) is 9.22. The van der Waals surface area contributed by atoms with Crippen molar-refractivity contribution >= 4 is 28.0 Å². The highest BCUT2D eigenvalue weighted by Gasteiger charge is 2.13. The van der Waals surface area contributed by atoms with Gasteiger partial charge in [0.25, 0.3) is 0 Å². The zero-order valence-electron chi connectivity index (χ0n) is 16.6. The fraction of sp³-hybridized carbons (Fsp3) is 0.240. The Morgan fingerprint density at radius 1 is 0.786 bits per heavy atom. The number of fused-ring (bicyclic) bond motifs is 5. The average molecular weight is 373 g/mol. The Labute approximate surface area is 166 Å². The van der Waals surface area contributed by atoms with Crippen molar-refractivity contribution in [3.63, 3.8) is 0 Å². The molecule has 1 amide bonds. The first-order valence-corrected chi connectivity index (χ1v) is 9.72. The molecule has 1 heterocycles. The second-order valence-electron chi connectivity index (χ2n) is 7.15. The van der Waals surface area contributed by atoms with E-state index in [1.165, 1.54) is 52.1 Å². The third-order valence-electron chi connectivity index (χ3n) is 4.89. The van der Waals surface area contributed by atoms with Crippen molar-refractivity contribution in [3.05, 3.63) is 84.3 Å². The molecule has 144 valence electrons. The van der Waals surface area contributed by atoms with E-state index in [0.29, 0.717) is 0 Å². The lowest BCUT2D eigenvalue weighted by Crippen LogP contribution is -2.06. The van der Waals surface area contributed by atoms with E-state index in [0.717, 1.165) is 6.41 Å². The lowest BCUT2D eigenvalue weighted by atomic mass is 9.86. The molecule has 0 spiro atoms. The van der Waals surface area contributed by atoms with Gasteiger partial charge in [0.2, 0.25) is 6.41 Å². The van der Waals surface area contributed by atoms with Gasteiger partial charge in [0.15, 0.2) is 0 Å². The number of carbonyl (C=O) groups is 1. The second-order valence-corrected chi connectivity index (χ2v) is 7.15. The van der Waals surface area contributed by atoms with Crippen LogP contribution in [0.4, 0.5) is 0 Å². The summed E-state index contributed by atoms with van der Waals surface area (Å²) < 4.78 is 4.58. The molecule has 1 aliphatic rings. The summed E-state index contributed by atoms with van der Waals surface area (Å²) in [6, 6.07) is 21.6. The molecular formula is C25H27NO2. The van der Waals surface area contributed by atoms with Gasteiger partial charge in [0, 0.05) is 14.1 Å². The maximum Gasteiger partial charge on any atom is 0.209 e. The molecule has 28 heavy (non-hydrogen) atoms. The molecule has 3 aromatic carbocycles. The van der Waals surface area contributed by atoms with Crippen molar-refractivity contribution < 1.29 is 9.21 Å². The molecule has 0 saturated carbocycles. The Bertz CT molecular complexity index is 1000. The van der Waals surface area contributed by atoms with Crippen LogP contribution in [0.5, 0.6) is 0 Å². The van der Waals surface area contributed by atoms with Gasteiger partial charge in [0.1, 0.15) is 0 Å². The predicted octanol–water partition coefficient (Wildman–Crippen LogP) is 5.86. The smallest absolute Gasteiger partial charge is 0.209 e. The maximum absolute atomic E-state index is 9.43. The van der Waals surface area contributed by atoms with Crippen molar-refractivity contribution in [3.8, 4) is 0 Å². The molecule has 0 bridgehead atoms. The first-order chi connectivity index (χ1) is 13.7. The van der Waals surface area contributed by atoms with Gasteiger partial charge >= 0.3 is 0 Å². The van der Waals surface area contributed by atoms with Gasteiger partial charge in [-0.2, -0.15) is 0 Å². The minimum Gasteiger partial charge on any atom is -0.473 e. The number of aryl methyl sites for hydroxylation is 2. The highest BCUT2D eigenvalue weighted by Crippen LogP contribution is 2.33. The molecule has 0 N–H and O–H groups in total. The van der Waals surface area contributed by atoms with E-state index in [1.54, 1.807) is 37.7 Å². The SMILES string of the molecule is CN(C)C=O.c1ccc2c(c1)ccc1c3c(ccc12)CCCC3.c1ccoc1. The molecule has 0 fully saturated rings. The van der Waals surface area contributed by atoms with E-state index in [2.05, 4.69) is 52.9 Å². The molecule has 3 heteroatoms. The Morgan fingerprint density at radius 2 is 1.46 bits per heavy atom. The van der Waals surface area contributed by atoms with Gasteiger partial charge in [-0.15, -0.1) is 0 Å². The number of amides is 1. The number of hydrogen-bond acceptors (Lipinski definition) is 2. The summed E-state index contributed by atoms with van der Waals surface area (Å²) >= 11 is 0. The molecule has 1 aliphatic carbocycles. The summed E-state index contributed by atoms with van der Waals surface area (Å²) in [7, 11) is 3.38. The van der Waals surface area contributed by atoms with Crippen LogP contribution in [0.3, 0.4) is 0 Å². The number of carbonyl (C=O) groups excluding carboxylic acids is 1. The molecular weight excluding hydrogens is 346 g/mol. The third-order valence-corrected chi connectivity index (χ3v) is 4.89. The van der Waals surface area contributed by atoms with E-state index in [4.69, 9.17) is 0 Å². The first kappa shape index (κ1) is 19.7. The van der Waals surface area contributed by atoms with E-state index in [-0.39, 0.29) is 0 Å². The van der Waals surface area contributed by atoms with Crippen LogP contribution in [0, 0.1) is 0 Å². The average Bonchev–Trinajstić information content (AvgIpc) is 3.34. The van der Waals surface area contributed by atoms with Gasteiger partial charge in [-0.3, -0.25) is 4.79 Å². The Kier molecular flexibility index (Phi) is 6.85. The molecule has 0 unspecified atom stereocenters. The largest absolute Gasteiger partial charge is 0.473 e. The summed E-state index contributed by atoms with van der Waals surface area (Å²) in [5.74, 6) is 0. The zero-order chi connectivity index (χ0) is 19.8. The standard InChI is InChI=1S/C18H16.C4H4O.C3H7NO/c1-3-7-15-13(5-1)9-11-18-16-8-4-2-6-14(16)10-12-17(15)18;1-2-4-5-3-1;1-4(2)3-5/h1,3,5,7,9-12H,2,4,6,8H2;1-4H;3H,1-2H3. The fourth-order valence-corrected chi connectivity index (χ4v) is 3.57. The Balaban J connectivity index is 0.000000187. The molecule has 0 atom stereocenters. The third kappa shape index (κ3) is 4.80. The van der Waals surface area contributed by atoms with Crippen LogP contribution in [0.25, 0.3) is 21.5 Å². The monoisotopic (exact) mass is 373 g/mol. The van der Waals surface area contributed by atoms with Crippen molar-refractivity contribution in [2.75, 3.05) is 14.1 Å². The highest BCUT2D eigenvalue weighted by molar-refractivity contribution is 6.08. The van der Waals surface area contributed by atoms with Crippen molar-refractivity contribution in [2.24, 2.45) is 0 Å². The maximum atomic E-state index is 9.43. The fourth-order valence-electron chi connectivity index (χ4n) is 3.57. The van der Waals surface area contributed by atoms with E-state index in [1.807, 2.05) is 12.1 Å². The zero-order valence-corrected chi connectivity index (χ0v) is 16.6. The summed E-state index contributed by atoms with van der Waals surface area (Å²) in [5, 5.41) is 5.64. The van der Waals surface area contributed by atoms with Gasteiger partial charge in [-0.05, 0) is 70.5 Å². The van der Waals surface area contributed by atoms with Crippen molar-refractivity contribution in [1.82, 2.24) is 4.90 Å². The van der Waals surface area contributed by atoms with Crippen LogP contribution in [0.15, 0.2) is 77.6 Å². The Hall–Kier alpha value is -3.07. The van der Waals surface area contributed by atoms with Crippen LogP contribution in [-0.2, 0) is 17.6 Å².